The van der Waals surface area contributed by atoms with Gasteiger partial charge in [0.25, 0.3) is 0 Å². The van der Waals surface area contributed by atoms with Crippen molar-refractivity contribution in [2.24, 2.45) is 5.92 Å². The molecule has 0 amide bonds. The van der Waals surface area contributed by atoms with Gasteiger partial charge in [0, 0.05) is 0 Å². The molecule has 1 aliphatic carbocycles. The van der Waals surface area contributed by atoms with Crippen LogP contribution in [0.2, 0.25) is 4.82 Å². The number of ketones is 1. The van der Waals surface area contributed by atoms with E-state index in [0.29, 0.717) is 19.3 Å². The van der Waals surface area contributed by atoms with Gasteiger partial charge in [-0.15, -0.1) is 0 Å². The minimum atomic E-state index is -2.35. The van der Waals surface area contributed by atoms with Crippen molar-refractivity contribution in [2.75, 3.05) is 0 Å². The topological polar surface area (TPSA) is 54.4 Å². The van der Waals surface area contributed by atoms with Gasteiger partial charge < -0.3 is 0 Å². The summed E-state index contributed by atoms with van der Waals surface area (Å²) in [5, 5.41) is 10.5. The third kappa shape index (κ3) is 3.19. The molecular formula is C15H20O3Se. The average Bonchev–Trinajstić information content (AvgIpc) is 2.38. The molecule has 0 heterocycles. The third-order valence-electron chi connectivity index (χ3n) is 4.00. The second-order valence-electron chi connectivity index (χ2n) is 5.54. The van der Waals surface area contributed by atoms with Crippen molar-refractivity contribution in [3.63, 3.8) is 0 Å². The van der Waals surface area contributed by atoms with E-state index in [4.69, 9.17) is 0 Å². The predicted molar refractivity (Wildman–Crippen MR) is 74.9 cm³/mol. The summed E-state index contributed by atoms with van der Waals surface area (Å²) in [5.74, 6) is 0.0986. The molecule has 4 heteroatoms. The van der Waals surface area contributed by atoms with E-state index >= 15 is 0 Å². The molecule has 1 aromatic carbocycles. The van der Waals surface area contributed by atoms with Crippen LogP contribution in [0.25, 0.3) is 0 Å². The maximum absolute atomic E-state index is 12.7. The Morgan fingerprint density at radius 2 is 2.00 bits per heavy atom. The molecule has 1 saturated carbocycles. The van der Waals surface area contributed by atoms with E-state index in [1.807, 2.05) is 30.3 Å². The second-order valence-corrected chi connectivity index (χ2v) is 8.97. The standard InChI is InChI=1S/C15H20O3Se/c1-11(16)12-8-9-15(2,17)14(10-12)19(18)13-6-4-3-5-7-13/h3-7,12,14,17H,8-10H2,1-2H3/t12-,14+,15+,19?/m1/s1. The summed E-state index contributed by atoms with van der Waals surface area (Å²) in [4.78, 5) is 11.3. The number of hydrogen-bond donors (Lipinski definition) is 1. The number of Topliss-reactive ketones (excluding diaryl/α,β-unsaturated/α-hetero) is 1. The van der Waals surface area contributed by atoms with Crippen LogP contribution in [0.5, 0.6) is 0 Å². The van der Waals surface area contributed by atoms with E-state index in [9.17, 15) is 13.7 Å². The first-order valence-electron chi connectivity index (χ1n) is 6.60. The summed E-state index contributed by atoms with van der Waals surface area (Å²) in [5.41, 5.74) is -0.922. The average molecular weight is 327 g/mol. The van der Waals surface area contributed by atoms with E-state index in [0.717, 1.165) is 4.46 Å². The van der Waals surface area contributed by atoms with E-state index in [-0.39, 0.29) is 16.5 Å². The van der Waals surface area contributed by atoms with Crippen LogP contribution in [-0.4, -0.2) is 30.3 Å². The second kappa shape index (κ2) is 5.66. The Morgan fingerprint density at radius 3 is 2.58 bits per heavy atom. The van der Waals surface area contributed by atoms with Crippen molar-refractivity contribution < 1.29 is 13.7 Å². The molecule has 1 aromatic rings. The number of aliphatic hydroxyl groups is 1. The van der Waals surface area contributed by atoms with Gasteiger partial charge in [0.2, 0.25) is 0 Å². The van der Waals surface area contributed by atoms with Crippen LogP contribution in [-0.2, 0) is 8.63 Å². The zero-order chi connectivity index (χ0) is 14.0. The van der Waals surface area contributed by atoms with Crippen LogP contribution in [0.4, 0.5) is 0 Å². The van der Waals surface area contributed by atoms with Crippen LogP contribution in [0.1, 0.15) is 33.1 Å². The van der Waals surface area contributed by atoms with Gasteiger partial charge in [0.1, 0.15) is 0 Å². The maximum atomic E-state index is 12.7. The fourth-order valence-electron chi connectivity index (χ4n) is 2.66. The molecule has 0 bridgehead atoms. The fourth-order valence-corrected chi connectivity index (χ4v) is 6.31. The van der Waals surface area contributed by atoms with Crippen LogP contribution in [0.3, 0.4) is 0 Å². The van der Waals surface area contributed by atoms with E-state index in [1.54, 1.807) is 13.8 Å². The van der Waals surface area contributed by atoms with Crippen LogP contribution < -0.4 is 4.46 Å². The zero-order valence-electron chi connectivity index (χ0n) is 11.3. The first-order chi connectivity index (χ1) is 8.92. The van der Waals surface area contributed by atoms with Gasteiger partial charge in [0.05, 0.1) is 0 Å². The molecule has 0 spiro atoms. The van der Waals surface area contributed by atoms with Crippen molar-refractivity contribution in [1.29, 1.82) is 0 Å². The number of hydrogen-bond acceptors (Lipinski definition) is 3. The molecule has 1 unspecified atom stereocenters. The fraction of sp³-hybridized carbons (Fsp3) is 0.533. The quantitative estimate of drug-likeness (QED) is 0.862. The molecule has 2 rings (SSSR count). The van der Waals surface area contributed by atoms with Crippen molar-refractivity contribution in [3.05, 3.63) is 30.3 Å². The Bertz CT molecular complexity index is 481. The van der Waals surface area contributed by atoms with Gasteiger partial charge >= 0.3 is 118 Å². The van der Waals surface area contributed by atoms with Gasteiger partial charge in [-0.1, -0.05) is 0 Å². The van der Waals surface area contributed by atoms with Gasteiger partial charge in [-0.05, 0) is 0 Å². The Balaban J connectivity index is 2.24. The molecule has 4 atom stereocenters. The Labute approximate surface area is 118 Å². The third-order valence-corrected chi connectivity index (χ3v) is 8.10. The summed E-state index contributed by atoms with van der Waals surface area (Å²) in [6.45, 7) is 3.34. The molecule has 0 saturated heterocycles. The van der Waals surface area contributed by atoms with Gasteiger partial charge in [-0.25, -0.2) is 0 Å². The summed E-state index contributed by atoms with van der Waals surface area (Å²) in [6, 6.07) is 9.32. The van der Waals surface area contributed by atoms with E-state index < -0.39 is 19.4 Å². The molecule has 0 radical (unpaired) electrons. The van der Waals surface area contributed by atoms with Crippen LogP contribution in [0, 0.1) is 5.92 Å². The molecule has 1 N–H and O–H groups in total. The predicted octanol–water partition coefficient (Wildman–Crippen LogP) is 1.83. The Morgan fingerprint density at radius 1 is 1.37 bits per heavy atom. The normalized spacial score (nSPS) is 32.8. The van der Waals surface area contributed by atoms with Crippen molar-refractivity contribution in [1.82, 2.24) is 0 Å². The summed E-state index contributed by atoms with van der Waals surface area (Å²) in [6.07, 6.45) is 1.80. The molecule has 0 aliphatic heterocycles. The van der Waals surface area contributed by atoms with E-state index in [1.165, 1.54) is 0 Å². The van der Waals surface area contributed by atoms with E-state index in [2.05, 4.69) is 0 Å². The van der Waals surface area contributed by atoms with Crippen molar-refractivity contribution >= 4 is 24.1 Å². The summed E-state index contributed by atoms with van der Waals surface area (Å²) < 4.78 is 13.5. The molecule has 3 nitrogen and oxygen atoms in total. The number of carbonyl (C=O) groups excluding carboxylic acids is 1. The molecule has 1 fully saturated rings. The van der Waals surface area contributed by atoms with Gasteiger partial charge in [-0.2, -0.15) is 0 Å². The van der Waals surface area contributed by atoms with Gasteiger partial charge in [0.15, 0.2) is 0 Å². The van der Waals surface area contributed by atoms with Crippen LogP contribution in [0.15, 0.2) is 30.3 Å². The van der Waals surface area contributed by atoms with Crippen molar-refractivity contribution in [2.45, 2.75) is 43.5 Å². The summed E-state index contributed by atoms with van der Waals surface area (Å²) in [7, 11) is 0. The van der Waals surface area contributed by atoms with Crippen LogP contribution >= 0.6 is 0 Å². The first kappa shape index (κ1) is 14.6. The summed E-state index contributed by atoms with van der Waals surface area (Å²) >= 11 is -2.35. The molecule has 104 valence electrons. The molecule has 19 heavy (non-hydrogen) atoms. The monoisotopic (exact) mass is 328 g/mol. The van der Waals surface area contributed by atoms with Crippen molar-refractivity contribution in [3.8, 4) is 0 Å². The Kier molecular flexibility index (Phi) is 4.34. The first-order valence-corrected chi connectivity index (χ1v) is 9.15. The van der Waals surface area contributed by atoms with Gasteiger partial charge in [-0.3, -0.25) is 0 Å². The molecular weight excluding hydrogens is 307 g/mol. The molecule has 0 aromatic heterocycles. The number of carbonyl (C=O) groups is 1. The zero-order valence-corrected chi connectivity index (χ0v) is 13.0. The number of benzene rings is 1. The number of rotatable bonds is 3. The minimum absolute atomic E-state index is 0.0471. The Hall–Kier alpha value is -0.831. The SMILES string of the molecule is CC(=O)[C@@H]1CC[C@](C)(O)[C@@H]([Se](=O)c2ccccc2)C1. The molecule has 1 aliphatic rings.